The Balaban J connectivity index is 2.04. The Kier molecular flexibility index (Phi) is 6.07. The van der Waals surface area contributed by atoms with Gasteiger partial charge in [-0.15, -0.1) is 0 Å². The van der Waals surface area contributed by atoms with E-state index in [1.807, 2.05) is 0 Å². The van der Waals surface area contributed by atoms with E-state index in [2.05, 4.69) is 10.6 Å². The van der Waals surface area contributed by atoms with Crippen LogP contribution in [0.25, 0.3) is 0 Å². The number of benzene rings is 1. The zero-order valence-corrected chi connectivity index (χ0v) is 14.9. The van der Waals surface area contributed by atoms with Gasteiger partial charge in [0.25, 0.3) is 0 Å². The number of carbonyl (C=O) groups excluding carboxylic acids is 3. The average molecular weight is 372 g/mol. The molecule has 0 bridgehead atoms. The van der Waals surface area contributed by atoms with Crippen LogP contribution < -0.4 is 10.6 Å². The van der Waals surface area contributed by atoms with Crippen molar-refractivity contribution < 1.29 is 14.4 Å². The molecule has 0 aliphatic carbocycles. The first-order valence-electron chi connectivity index (χ1n) is 7.54. The molecule has 6 nitrogen and oxygen atoms in total. The molecule has 0 aromatic heterocycles. The van der Waals surface area contributed by atoms with Gasteiger partial charge in [-0.2, -0.15) is 0 Å². The molecule has 2 rings (SSSR count). The van der Waals surface area contributed by atoms with Crippen molar-refractivity contribution in [3.8, 4) is 0 Å². The molecular weight excluding hydrogens is 353 g/mol. The SMILES string of the molecule is CNC(=O)[C@@H](CC(C)C(=O)N1Cc2cc(Cl)c(Cl)cc2C1)NC=O. The summed E-state index contributed by atoms with van der Waals surface area (Å²) >= 11 is 12.0. The van der Waals surface area contributed by atoms with Crippen LogP contribution in [0.1, 0.15) is 24.5 Å². The summed E-state index contributed by atoms with van der Waals surface area (Å²) in [6.45, 7) is 2.66. The standard InChI is InChI=1S/C16H19Cl2N3O3/c1-9(3-14(20-8-22)15(23)19-2)16(24)21-6-10-4-12(17)13(18)5-11(10)7-21/h4-5,8-9,14H,3,6-7H2,1-2H3,(H,19,23)(H,20,22)/t9?,14-/m1/s1. The van der Waals surface area contributed by atoms with Gasteiger partial charge in [0.15, 0.2) is 0 Å². The fraction of sp³-hybridized carbons (Fsp3) is 0.438. The van der Waals surface area contributed by atoms with E-state index in [4.69, 9.17) is 23.2 Å². The van der Waals surface area contributed by atoms with Gasteiger partial charge in [-0.25, -0.2) is 0 Å². The first-order chi connectivity index (χ1) is 11.4. The lowest BCUT2D eigenvalue weighted by Crippen LogP contribution is -2.45. The number of rotatable bonds is 6. The van der Waals surface area contributed by atoms with Gasteiger partial charge in [0.05, 0.1) is 10.0 Å². The normalized spacial score (nSPS) is 15.4. The smallest absolute Gasteiger partial charge is 0.242 e. The summed E-state index contributed by atoms with van der Waals surface area (Å²) in [5.74, 6) is -0.829. The molecular formula is C16H19Cl2N3O3. The zero-order valence-electron chi connectivity index (χ0n) is 13.4. The molecule has 8 heteroatoms. The van der Waals surface area contributed by atoms with Crippen molar-refractivity contribution in [1.82, 2.24) is 15.5 Å². The molecule has 1 aliphatic heterocycles. The maximum atomic E-state index is 12.6. The van der Waals surface area contributed by atoms with Crippen LogP contribution >= 0.6 is 23.2 Å². The number of hydrogen-bond donors (Lipinski definition) is 2. The highest BCUT2D eigenvalue weighted by Gasteiger charge is 2.30. The molecule has 2 N–H and O–H groups in total. The molecule has 24 heavy (non-hydrogen) atoms. The van der Waals surface area contributed by atoms with Gasteiger partial charge in [-0.1, -0.05) is 30.1 Å². The summed E-state index contributed by atoms with van der Waals surface area (Å²) in [6.07, 6.45) is 0.693. The summed E-state index contributed by atoms with van der Waals surface area (Å²) in [5.41, 5.74) is 1.94. The van der Waals surface area contributed by atoms with Crippen molar-refractivity contribution in [2.45, 2.75) is 32.5 Å². The third kappa shape index (κ3) is 3.99. The number of halogens is 2. The Bertz CT molecular complexity index is 635. The zero-order chi connectivity index (χ0) is 17.9. The quantitative estimate of drug-likeness (QED) is 0.747. The molecule has 1 unspecified atom stereocenters. The van der Waals surface area contributed by atoms with Crippen LogP contribution in [0, 0.1) is 5.92 Å². The Morgan fingerprint density at radius 2 is 1.79 bits per heavy atom. The maximum absolute atomic E-state index is 12.6. The predicted octanol–water partition coefficient (Wildman–Crippen LogP) is 1.72. The molecule has 1 aliphatic rings. The van der Waals surface area contributed by atoms with Gasteiger partial charge in [0.1, 0.15) is 6.04 Å². The van der Waals surface area contributed by atoms with Crippen molar-refractivity contribution in [2.24, 2.45) is 5.92 Å². The fourth-order valence-corrected chi connectivity index (χ4v) is 3.19. The summed E-state index contributed by atoms with van der Waals surface area (Å²) in [4.78, 5) is 36.7. The van der Waals surface area contributed by atoms with E-state index in [1.165, 1.54) is 7.05 Å². The summed E-state index contributed by atoms with van der Waals surface area (Å²) in [7, 11) is 1.49. The summed E-state index contributed by atoms with van der Waals surface area (Å²) < 4.78 is 0. The summed E-state index contributed by atoms with van der Waals surface area (Å²) in [6, 6.07) is 2.82. The van der Waals surface area contributed by atoms with Crippen molar-refractivity contribution in [1.29, 1.82) is 0 Å². The minimum atomic E-state index is -0.736. The van der Waals surface area contributed by atoms with Crippen LogP contribution in [-0.4, -0.2) is 36.2 Å². The van der Waals surface area contributed by atoms with E-state index in [0.29, 0.717) is 29.5 Å². The van der Waals surface area contributed by atoms with Crippen LogP contribution in [0.2, 0.25) is 10.0 Å². The predicted molar refractivity (Wildman–Crippen MR) is 91.6 cm³/mol. The lowest BCUT2D eigenvalue weighted by atomic mass is 9.99. The largest absolute Gasteiger partial charge is 0.357 e. The van der Waals surface area contributed by atoms with Gasteiger partial charge in [0.2, 0.25) is 18.2 Å². The molecule has 0 saturated carbocycles. The first-order valence-corrected chi connectivity index (χ1v) is 8.29. The molecule has 0 fully saturated rings. The lowest BCUT2D eigenvalue weighted by molar-refractivity contribution is -0.136. The second-order valence-corrected chi connectivity index (χ2v) is 6.63. The van der Waals surface area contributed by atoms with Crippen molar-refractivity contribution >= 4 is 41.4 Å². The highest BCUT2D eigenvalue weighted by Crippen LogP contribution is 2.32. The minimum absolute atomic E-state index is 0.0833. The first kappa shape index (κ1) is 18.5. The number of nitrogens with one attached hydrogen (secondary N) is 2. The Labute approximate surface area is 150 Å². The van der Waals surface area contributed by atoms with Gasteiger partial charge >= 0.3 is 0 Å². The molecule has 0 saturated heterocycles. The molecule has 1 aromatic carbocycles. The number of likely N-dealkylation sites (N-methyl/N-ethyl adjacent to an activating group) is 1. The highest BCUT2D eigenvalue weighted by molar-refractivity contribution is 6.42. The van der Waals surface area contributed by atoms with Crippen molar-refractivity contribution in [3.63, 3.8) is 0 Å². The molecule has 130 valence electrons. The monoisotopic (exact) mass is 371 g/mol. The number of carbonyl (C=O) groups is 3. The molecule has 0 radical (unpaired) electrons. The highest BCUT2D eigenvalue weighted by atomic mass is 35.5. The van der Waals surface area contributed by atoms with E-state index in [-0.39, 0.29) is 18.2 Å². The van der Waals surface area contributed by atoms with Crippen molar-refractivity contribution in [3.05, 3.63) is 33.3 Å². The van der Waals surface area contributed by atoms with Gasteiger partial charge < -0.3 is 15.5 Å². The Morgan fingerprint density at radius 3 is 2.25 bits per heavy atom. The molecule has 3 amide bonds. The topological polar surface area (TPSA) is 78.5 Å². The van der Waals surface area contributed by atoms with Crippen molar-refractivity contribution in [2.75, 3.05) is 7.05 Å². The molecule has 1 aromatic rings. The van der Waals surface area contributed by atoms with E-state index in [1.54, 1.807) is 24.0 Å². The third-order valence-electron chi connectivity index (χ3n) is 4.12. The molecule has 2 atom stereocenters. The average Bonchev–Trinajstić information content (AvgIpc) is 2.95. The second kappa shape index (κ2) is 7.85. The maximum Gasteiger partial charge on any atom is 0.242 e. The third-order valence-corrected chi connectivity index (χ3v) is 4.84. The Morgan fingerprint density at radius 1 is 1.25 bits per heavy atom. The van der Waals surface area contributed by atoms with Crippen LogP contribution in [0.15, 0.2) is 12.1 Å². The number of amides is 3. The van der Waals surface area contributed by atoms with Crippen LogP contribution in [0.5, 0.6) is 0 Å². The minimum Gasteiger partial charge on any atom is -0.357 e. The van der Waals surface area contributed by atoms with E-state index in [9.17, 15) is 14.4 Å². The molecule has 1 heterocycles. The van der Waals surface area contributed by atoms with Crippen LogP contribution in [0.3, 0.4) is 0 Å². The van der Waals surface area contributed by atoms with E-state index < -0.39 is 12.0 Å². The fourth-order valence-electron chi connectivity index (χ4n) is 2.82. The van der Waals surface area contributed by atoms with Gasteiger partial charge in [-0.05, 0) is 29.7 Å². The van der Waals surface area contributed by atoms with E-state index >= 15 is 0 Å². The summed E-state index contributed by atoms with van der Waals surface area (Å²) in [5, 5.41) is 5.85. The number of fused-ring (bicyclic) bond motifs is 1. The van der Waals surface area contributed by atoms with Crippen LogP contribution in [-0.2, 0) is 27.5 Å². The van der Waals surface area contributed by atoms with Gasteiger partial charge in [0, 0.05) is 26.1 Å². The van der Waals surface area contributed by atoms with Gasteiger partial charge in [-0.3, -0.25) is 14.4 Å². The number of hydrogen-bond acceptors (Lipinski definition) is 3. The second-order valence-electron chi connectivity index (χ2n) is 5.82. The number of nitrogens with zero attached hydrogens (tertiary/aromatic N) is 1. The van der Waals surface area contributed by atoms with Crippen LogP contribution in [0.4, 0.5) is 0 Å². The lowest BCUT2D eigenvalue weighted by Gasteiger charge is -2.23. The van der Waals surface area contributed by atoms with E-state index in [0.717, 1.165) is 11.1 Å². The molecule has 0 spiro atoms. The Hall–Kier alpha value is -1.79.